The van der Waals surface area contributed by atoms with Crippen LogP contribution in [0, 0.1) is 11.8 Å². The van der Waals surface area contributed by atoms with Crippen LogP contribution in [-0.2, 0) is 0 Å². The molecule has 2 fully saturated rings. The van der Waals surface area contributed by atoms with E-state index in [4.69, 9.17) is 0 Å². The first kappa shape index (κ1) is 15.3. The molecule has 0 aliphatic carbocycles. The fourth-order valence-electron chi connectivity index (χ4n) is 3.46. The third-order valence-corrected chi connectivity index (χ3v) is 5.08. The normalized spacial score (nSPS) is 34.6. The summed E-state index contributed by atoms with van der Waals surface area (Å²) in [4.78, 5) is 5.37. The molecule has 1 N–H and O–H groups in total. The molecule has 2 aliphatic rings. The monoisotopic (exact) mass is 267 g/mol. The molecular formula is C16H33N3. The average Bonchev–Trinajstić information content (AvgIpc) is 2.80. The van der Waals surface area contributed by atoms with Gasteiger partial charge in [0.1, 0.15) is 0 Å². The predicted molar refractivity (Wildman–Crippen MR) is 82.5 cm³/mol. The van der Waals surface area contributed by atoms with Crippen molar-refractivity contribution in [3.63, 3.8) is 0 Å². The number of piperazine rings is 1. The minimum atomic E-state index is 0.679. The molecule has 3 nitrogen and oxygen atoms in total. The number of hydrogen-bond acceptors (Lipinski definition) is 3. The predicted octanol–water partition coefficient (Wildman–Crippen LogP) is 2.03. The van der Waals surface area contributed by atoms with Gasteiger partial charge in [0.25, 0.3) is 0 Å². The van der Waals surface area contributed by atoms with E-state index in [0.29, 0.717) is 18.1 Å². The largest absolute Gasteiger partial charge is 0.311 e. The third-order valence-electron chi connectivity index (χ3n) is 5.08. The molecule has 2 aliphatic heterocycles. The van der Waals surface area contributed by atoms with Crippen molar-refractivity contribution < 1.29 is 0 Å². The minimum absolute atomic E-state index is 0.679. The first-order valence-corrected chi connectivity index (χ1v) is 8.18. The van der Waals surface area contributed by atoms with Crippen LogP contribution in [0.2, 0.25) is 0 Å². The molecule has 2 saturated heterocycles. The maximum absolute atomic E-state index is 3.70. The van der Waals surface area contributed by atoms with E-state index in [9.17, 15) is 0 Å². The second-order valence-electron chi connectivity index (χ2n) is 7.31. The topological polar surface area (TPSA) is 18.5 Å². The lowest BCUT2D eigenvalue weighted by molar-refractivity contribution is 0.104. The van der Waals surface area contributed by atoms with Gasteiger partial charge < -0.3 is 10.2 Å². The van der Waals surface area contributed by atoms with Gasteiger partial charge >= 0.3 is 0 Å². The Morgan fingerprint density at radius 1 is 1.16 bits per heavy atom. The van der Waals surface area contributed by atoms with E-state index >= 15 is 0 Å². The van der Waals surface area contributed by atoms with Crippen molar-refractivity contribution in [2.24, 2.45) is 11.8 Å². The van der Waals surface area contributed by atoms with E-state index in [1.165, 1.54) is 32.6 Å². The molecular weight excluding hydrogens is 234 g/mol. The van der Waals surface area contributed by atoms with Gasteiger partial charge in [-0.2, -0.15) is 0 Å². The summed E-state index contributed by atoms with van der Waals surface area (Å²) in [7, 11) is 0. The Kier molecular flexibility index (Phi) is 5.27. The number of nitrogens with zero attached hydrogens (tertiary/aromatic N) is 2. The quantitative estimate of drug-likeness (QED) is 0.841. The van der Waals surface area contributed by atoms with Gasteiger partial charge in [-0.1, -0.05) is 13.8 Å². The van der Waals surface area contributed by atoms with Gasteiger partial charge in [-0.25, -0.2) is 0 Å². The molecule has 3 unspecified atom stereocenters. The summed E-state index contributed by atoms with van der Waals surface area (Å²) in [5.41, 5.74) is 0. The second-order valence-corrected chi connectivity index (χ2v) is 7.31. The summed E-state index contributed by atoms with van der Waals surface area (Å²) >= 11 is 0. The van der Waals surface area contributed by atoms with Gasteiger partial charge in [0.2, 0.25) is 0 Å². The molecule has 0 spiro atoms. The van der Waals surface area contributed by atoms with Crippen LogP contribution in [0.4, 0.5) is 0 Å². The summed E-state index contributed by atoms with van der Waals surface area (Å²) in [5.74, 6) is 1.63. The molecule has 3 heteroatoms. The van der Waals surface area contributed by atoms with Crippen molar-refractivity contribution in [2.75, 3.05) is 32.7 Å². The average molecular weight is 267 g/mol. The zero-order chi connectivity index (χ0) is 14.0. The van der Waals surface area contributed by atoms with Crippen LogP contribution < -0.4 is 5.32 Å². The van der Waals surface area contributed by atoms with Gasteiger partial charge in [-0.15, -0.1) is 0 Å². The molecule has 3 atom stereocenters. The highest BCUT2D eigenvalue weighted by atomic mass is 15.2. The molecule has 0 saturated carbocycles. The lowest BCUT2D eigenvalue weighted by Crippen LogP contribution is -2.58. The zero-order valence-corrected chi connectivity index (χ0v) is 13.5. The summed E-state index contributed by atoms with van der Waals surface area (Å²) in [6.45, 7) is 18.0. The highest BCUT2D eigenvalue weighted by molar-refractivity contribution is 4.88. The summed E-state index contributed by atoms with van der Waals surface area (Å²) in [5, 5.41) is 3.70. The van der Waals surface area contributed by atoms with E-state index in [-0.39, 0.29) is 0 Å². The number of rotatable bonds is 4. The summed E-state index contributed by atoms with van der Waals surface area (Å²) in [6.07, 6.45) is 1.39. The smallest absolute Gasteiger partial charge is 0.0218 e. The lowest BCUT2D eigenvalue weighted by Gasteiger charge is -2.41. The molecule has 0 aromatic heterocycles. The molecule has 0 aromatic carbocycles. The van der Waals surface area contributed by atoms with Crippen LogP contribution in [0.15, 0.2) is 0 Å². The van der Waals surface area contributed by atoms with Crippen LogP contribution in [0.25, 0.3) is 0 Å². The lowest BCUT2D eigenvalue weighted by atomic mass is 9.98. The summed E-state index contributed by atoms with van der Waals surface area (Å²) in [6, 6.07) is 2.09. The molecule has 0 bridgehead atoms. The van der Waals surface area contributed by atoms with Gasteiger partial charge in [0, 0.05) is 44.3 Å². The molecule has 0 amide bonds. The SMILES string of the molecule is CC(C)C1CN(CC2CCN(C(C)C)C2)C(C)CN1. The zero-order valence-electron chi connectivity index (χ0n) is 13.5. The van der Waals surface area contributed by atoms with Crippen molar-refractivity contribution in [1.82, 2.24) is 15.1 Å². The van der Waals surface area contributed by atoms with E-state index in [2.05, 4.69) is 49.7 Å². The summed E-state index contributed by atoms with van der Waals surface area (Å²) < 4.78 is 0. The molecule has 112 valence electrons. The number of nitrogens with one attached hydrogen (secondary N) is 1. The molecule has 2 heterocycles. The van der Waals surface area contributed by atoms with Crippen LogP contribution >= 0.6 is 0 Å². The maximum atomic E-state index is 3.70. The Morgan fingerprint density at radius 3 is 2.47 bits per heavy atom. The standard InChI is InChI=1S/C16H33N3/c1-12(2)16-11-19(14(5)8-17-16)10-15-6-7-18(9-15)13(3)4/h12-17H,6-11H2,1-5H3. The highest BCUT2D eigenvalue weighted by Crippen LogP contribution is 2.22. The Hall–Kier alpha value is -0.120. The van der Waals surface area contributed by atoms with Crippen molar-refractivity contribution in [3.8, 4) is 0 Å². The van der Waals surface area contributed by atoms with Crippen molar-refractivity contribution in [2.45, 2.75) is 59.2 Å². The van der Waals surface area contributed by atoms with Crippen LogP contribution in [0.3, 0.4) is 0 Å². The Bertz CT molecular complexity index is 277. The maximum Gasteiger partial charge on any atom is 0.0218 e. The fraction of sp³-hybridized carbons (Fsp3) is 1.00. The first-order chi connectivity index (χ1) is 8.97. The van der Waals surface area contributed by atoms with Gasteiger partial charge in [0.15, 0.2) is 0 Å². The Labute approximate surface area is 119 Å². The number of likely N-dealkylation sites (tertiary alicyclic amines) is 1. The van der Waals surface area contributed by atoms with E-state index in [0.717, 1.165) is 18.4 Å². The van der Waals surface area contributed by atoms with Crippen LogP contribution in [-0.4, -0.2) is 60.6 Å². The molecule has 19 heavy (non-hydrogen) atoms. The van der Waals surface area contributed by atoms with Crippen molar-refractivity contribution in [1.29, 1.82) is 0 Å². The van der Waals surface area contributed by atoms with Crippen LogP contribution in [0.1, 0.15) is 41.0 Å². The fourth-order valence-corrected chi connectivity index (χ4v) is 3.46. The highest BCUT2D eigenvalue weighted by Gasteiger charge is 2.31. The third kappa shape index (κ3) is 3.93. The molecule has 0 aromatic rings. The van der Waals surface area contributed by atoms with Crippen LogP contribution in [0.5, 0.6) is 0 Å². The molecule has 0 radical (unpaired) electrons. The molecule has 2 rings (SSSR count). The van der Waals surface area contributed by atoms with Gasteiger partial charge in [0.05, 0.1) is 0 Å². The van der Waals surface area contributed by atoms with Gasteiger partial charge in [-0.3, -0.25) is 4.90 Å². The second kappa shape index (κ2) is 6.55. The Balaban J connectivity index is 1.84. The van der Waals surface area contributed by atoms with E-state index in [1.807, 2.05) is 0 Å². The first-order valence-electron chi connectivity index (χ1n) is 8.18. The minimum Gasteiger partial charge on any atom is -0.311 e. The van der Waals surface area contributed by atoms with Gasteiger partial charge in [-0.05, 0) is 45.6 Å². The van der Waals surface area contributed by atoms with E-state index < -0.39 is 0 Å². The Morgan fingerprint density at radius 2 is 1.89 bits per heavy atom. The number of hydrogen-bond donors (Lipinski definition) is 1. The van der Waals surface area contributed by atoms with Crippen molar-refractivity contribution in [3.05, 3.63) is 0 Å². The van der Waals surface area contributed by atoms with Crippen molar-refractivity contribution >= 4 is 0 Å². The van der Waals surface area contributed by atoms with E-state index in [1.54, 1.807) is 0 Å².